The maximum Gasteiger partial charge on any atom is 0.212 e. The molecule has 1 N–H and O–H groups in total. The SMILES string of the molecule is CCC(CC)C(NS(=O)(=O)CCCCl)c1ccccc1. The van der Waals surface area contributed by atoms with Gasteiger partial charge in [-0.25, -0.2) is 13.1 Å². The highest BCUT2D eigenvalue weighted by molar-refractivity contribution is 7.89. The lowest BCUT2D eigenvalue weighted by atomic mass is 9.90. The number of hydrogen-bond donors (Lipinski definition) is 1. The molecule has 0 aliphatic rings. The fourth-order valence-electron chi connectivity index (χ4n) is 2.35. The van der Waals surface area contributed by atoms with Crippen molar-refractivity contribution in [2.45, 2.75) is 39.2 Å². The first kappa shape index (κ1) is 17.5. The van der Waals surface area contributed by atoms with Crippen LogP contribution in [0.5, 0.6) is 0 Å². The van der Waals surface area contributed by atoms with Gasteiger partial charge in [-0.05, 0) is 17.9 Å². The molecule has 0 saturated heterocycles. The lowest BCUT2D eigenvalue weighted by Crippen LogP contribution is -2.35. The van der Waals surface area contributed by atoms with Crippen molar-refractivity contribution in [1.82, 2.24) is 4.72 Å². The van der Waals surface area contributed by atoms with E-state index >= 15 is 0 Å². The minimum atomic E-state index is -3.29. The molecular formula is C15H24ClNO2S. The molecule has 0 radical (unpaired) electrons. The quantitative estimate of drug-likeness (QED) is 0.706. The Hall–Kier alpha value is -0.580. The van der Waals surface area contributed by atoms with E-state index in [4.69, 9.17) is 11.6 Å². The third kappa shape index (κ3) is 5.43. The average molecular weight is 318 g/mol. The lowest BCUT2D eigenvalue weighted by molar-refractivity contribution is 0.378. The molecule has 0 heterocycles. The van der Waals surface area contributed by atoms with Crippen molar-refractivity contribution in [3.05, 3.63) is 35.9 Å². The fraction of sp³-hybridized carbons (Fsp3) is 0.600. The molecule has 1 aromatic carbocycles. The van der Waals surface area contributed by atoms with E-state index in [-0.39, 0.29) is 11.8 Å². The van der Waals surface area contributed by atoms with Gasteiger partial charge >= 0.3 is 0 Å². The van der Waals surface area contributed by atoms with Crippen LogP contribution in [0.4, 0.5) is 0 Å². The Balaban J connectivity index is 2.95. The minimum absolute atomic E-state index is 0.0833. The molecule has 0 aromatic heterocycles. The van der Waals surface area contributed by atoms with Crippen molar-refractivity contribution >= 4 is 21.6 Å². The van der Waals surface area contributed by atoms with Gasteiger partial charge in [0.1, 0.15) is 0 Å². The van der Waals surface area contributed by atoms with Crippen molar-refractivity contribution in [3.63, 3.8) is 0 Å². The van der Waals surface area contributed by atoms with E-state index in [1.807, 2.05) is 30.3 Å². The number of nitrogens with one attached hydrogen (secondary N) is 1. The van der Waals surface area contributed by atoms with Crippen LogP contribution in [0.3, 0.4) is 0 Å². The molecule has 1 unspecified atom stereocenters. The maximum absolute atomic E-state index is 12.1. The molecule has 0 aliphatic heterocycles. The zero-order chi connectivity index (χ0) is 15.0. The summed E-state index contributed by atoms with van der Waals surface area (Å²) in [4.78, 5) is 0. The van der Waals surface area contributed by atoms with E-state index in [0.29, 0.717) is 18.2 Å². The zero-order valence-electron chi connectivity index (χ0n) is 12.2. The van der Waals surface area contributed by atoms with Crippen LogP contribution in [0.15, 0.2) is 30.3 Å². The molecule has 1 aromatic rings. The zero-order valence-corrected chi connectivity index (χ0v) is 13.8. The first-order valence-corrected chi connectivity index (χ1v) is 9.33. The van der Waals surface area contributed by atoms with Gasteiger partial charge in [0.15, 0.2) is 0 Å². The number of rotatable bonds is 9. The van der Waals surface area contributed by atoms with Gasteiger partial charge < -0.3 is 0 Å². The molecule has 5 heteroatoms. The molecule has 114 valence electrons. The smallest absolute Gasteiger partial charge is 0.212 e. The van der Waals surface area contributed by atoms with Gasteiger partial charge in [0.2, 0.25) is 10.0 Å². The number of hydrogen-bond acceptors (Lipinski definition) is 2. The number of sulfonamides is 1. The highest BCUT2D eigenvalue weighted by Crippen LogP contribution is 2.28. The summed E-state index contributed by atoms with van der Waals surface area (Å²) in [5.41, 5.74) is 1.02. The first-order valence-electron chi connectivity index (χ1n) is 7.15. The summed E-state index contributed by atoms with van der Waals surface area (Å²) in [7, 11) is -3.29. The van der Waals surface area contributed by atoms with E-state index in [1.165, 1.54) is 0 Å². The number of benzene rings is 1. The first-order chi connectivity index (χ1) is 9.54. The Labute approximate surface area is 127 Å². The second-order valence-electron chi connectivity index (χ2n) is 4.94. The van der Waals surface area contributed by atoms with Gasteiger partial charge in [-0.15, -0.1) is 11.6 Å². The van der Waals surface area contributed by atoms with Crippen LogP contribution in [-0.2, 0) is 10.0 Å². The van der Waals surface area contributed by atoms with E-state index < -0.39 is 10.0 Å². The fourth-order valence-corrected chi connectivity index (χ4v) is 4.00. The lowest BCUT2D eigenvalue weighted by Gasteiger charge is -2.26. The predicted molar refractivity (Wildman–Crippen MR) is 85.5 cm³/mol. The van der Waals surface area contributed by atoms with Gasteiger partial charge in [0, 0.05) is 11.9 Å². The third-order valence-corrected chi connectivity index (χ3v) is 5.24. The topological polar surface area (TPSA) is 46.2 Å². The van der Waals surface area contributed by atoms with Crippen molar-refractivity contribution in [2.75, 3.05) is 11.6 Å². The summed E-state index contributed by atoms with van der Waals surface area (Å²) in [6.45, 7) is 4.19. The van der Waals surface area contributed by atoms with Crippen molar-refractivity contribution in [2.24, 2.45) is 5.92 Å². The van der Waals surface area contributed by atoms with Gasteiger partial charge in [-0.3, -0.25) is 0 Å². The van der Waals surface area contributed by atoms with Gasteiger partial charge in [-0.1, -0.05) is 57.0 Å². The summed E-state index contributed by atoms with van der Waals surface area (Å²) in [6, 6.07) is 9.62. The number of halogens is 1. The van der Waals surface area contributed by atoms with E-state index in [0.717, 1.165) is 18.4 Å². The van der Waals surface area contributed by atoms with Crippen LogP contribution in [-0.4, -0.2) is 20.1 Å². The van der Waals surface area contributed by atoms with Gasteiger partial charge in [-0.2, -0.15) is 0 Å². The minimum Gasteiger partial charge on any atom is -0.212 e. The largest absolute Gasteiger partial charge is 0.212 e. The maximum atomic E-state index is 12.1. The second kappa shape index (κ2) is 8.65. The van der Waals surface area contributed by atoms with E-state index in [1.54, 1.807) is 0 Å². The Kier molecular flexibility index (Phi) is 7.56. The molecule has 0 saturated carbocycles. The molecular weight excluding hydrogens is 294 g/mol. The summed E-state index contributed by atoms with van der Waals surface area (Å²) in [5, 5.41) is 0. The highest BCUT2D eigenvalue weighted by Gasteiger charge is 2.25. The normalized spacial score (nSPS) is 13.6. The van der Waals surface area contributed by atoms with Crippen LogP contribution in [0.1, 0.15) is 44.7 Å². The van der Waals surface area contributed by atoms with E-state index in [9.17, 15) is 8.42 Å². The summed E-state index contributed by atoms with van der Waals surface area (Å²) in [6.07, 6.45) is 2.35. The molecule has 0 spiro atoms. The Morgan fingerprint density at radius 3 is 2.25 bits per heavy atom. The monoisotopic (exact) mass is 317 g/mol. The highest BCUT2D eigenvalue weighted by atomic mass is 35.5. The summed E-state index contributed by atoms with van der Waals surface area (Å²) < 4.78 is 27.1. The van der Waals surface area contributed by atoms with Gasteiger partial charge in [0.05, 0.1) is 5.75 Å². The standard InChI is InChI=1S/C15H24ClNO2S/c1-3-13(4-2)15(14-9-6-5-7-10-14)17-20(18,19)12-8-11-16/h5-7,9-10,13,15,17H,3-4,8,11-12H2,1-2H3. The molecule has 20 heavy (non-hydrogen) atoms. The van der Waals surface area contributed by atoms with Crippen LogP contribution in [0, 0.1) is 5.92 Å². The van der Waals surface area contributed by atoms with E-state index in [2.05, 4.69) is 18.6 Å². The summed E-state index contributed by atoms with van der Waals surface area (Å²) >= 11 is 5.59. The Morgan fingerprint density at radius 2 is 1.75 bits per heavy atom. The van der Waals surface area contributed by atoms with Crippen molar-refractivity contribution in [1.29, 1.82) is 0 Å². The van der Waals surface area contributed by atoms with Crippen molar-refractivity contribution < 1.29 is 8.42 Å². The van der Waals surface area contributed by atoms with Crippen LogP contribution in [0.2, 0.25) is 0 Å². The molecule has 3 nitrogen and oxygen atoms in total. The van der Waals surface area contributed by atoms with Gasteiger partial charge in [0.25, 0.3) is 0 Å². The third-order valence-electron chi connectivity index (χ3n) is 3.53. The molecule has 0 aliphatic carbocycles. The van der Waals surface area contributed by atoms with Crippen LogP contribution >= 0.6 is 11.6 Å². The van der Waals surface area contributed by atoms with Crippen molar-refractivity contribution in [3.8, 4) is 0 Å². The molecule has 1 atom stereocenters. The molecule has 0 fully saturated rings. The van der Waals surface area contributed by atoms with Crippen LogP contribution < -0.4 is 4.72 Å². The Morgan fingerprint density at radius 1 is 1.15 bits per heavy atom. The number of alkyl halides is 1. The molecule has 0 amide bonds. The average Bonchev–Trinajstić information content (AvgIpc) is 2.46. The Bertz CT molecular complexity index is 472. The summed E-state index contributed by atoms with van der Waals surface area (Å²) in [5.74, 6) is 0.741. The predicted octanol–water partition coefficient (Wildman–Crippen LogP) is 3.71. The molecule has 0 bridgehead atoms. The second-order valence-corrected chi connectivity index (χ2v) is 7.20. The van der Waals surface area contributed by atoms with Crippen LogP contribution in [0.25, 0.3) is 0 Å². The molecule has 1 rings (SSSR count).